The maximum Gasteiger partial charge on any atom is 0.233 e. The van der Waals surface area contributed by atoms with Crippen LogP contribution >= 0.6 is 0 Å². The van der Waals surface area contributed by atoms with Gasteiger partial charge in [-0.05, 0) is 31.2 Å². The van der Waals surface area contributed by atoms with Crippen LogP contribution in [0.1, 0.15) is 24.8 Å². The molecule has 116 valence electrons. The highest BCUT2D eigenvalue weighted by atomic mass is 16.3. The summed E-state index contributed by atoms with van der Waals surface area (Å²) in [4.78, 5) is 25.9. The summed E-state index contributed by atoms with van der Waals surface area (Å²) in [6.07, 6.45) is 5.86. The minimum atomic E-state index is -0.666. The lowest BCUT2D eigenvalue weighted by molar-refractivity contribution is -0.141. The molecule has 2 amide bonds. The number of aryl methyl sites for hydroxylation is 1. The molecule has 4 heteroatoms. The molecule has 0 bridgehead atoms. The number of benzene rings is 1. The molecule has 4 nitrogen and oxygen atoms in total. The van der Waals surface area contributed by atoms with Gasteiger partial charge in [0.15, 0.2) is 0 Å². The predicted molar refractivity (Wildman–Crippen MR) is 82.8 cm³/mol. The summed E-state index contributed by atoms with van der Waals surface area (Å²) in [5.74, 6) is -0.645. The smallest absolute Gasteiger partial charge is 0.233 e. The Kier molecular flexibility index (Phi) is 4.39. The molecule has 2 aliphatic rings. The monoisotopic (exact) mass is 299 g/mol. The minimum absolute atomic E-state index is 0.113. The number of aliphatic hydroxyl groups is 1. The molecule has 0 unspecified atom stereocenters. The Morgan fingerprint density at radius 2 is 1.64 bits per heavy atom. The lowest BCUT2D eigenvalue weighted by atomic mass is 9.85. The normalized spacial score (nSPS) is 25.4. The number of aliphatic hydroxyl groups excluding tert-OH is 1. The van der Waals surface area contributed by atoms with Crippen molar-refractivity contribution < 1.29 is 14.7 Å². The number of fused-ring (bicyclic) bond motifs is 1. The Labute approximate surface area is 130 Å². The molecule has 1 aliphatic carbocycles. The Morgan fingerprint density at radius 1 is 1.05 bits per heavy atom. The second-order valence-corrected chi connectivity index (χ2v) is 6.12. The van der Waals surface area contributed by atoms with Crippen LogP contribution in [0, 0.1) is 11.8 Å². The molecule has 0 spiro atoms. The zero-order valence-electron chi connectivity index (χ0n) is 12.5. The van der Waals surface area contributed by atoms with Crippen molar-refractivity contribution in [2.45, 2.75) is 31.8 Å². The van der Waals surface area contributed by atoms with Gasteiger partial charge in [-0.1, -0.05) is 42.5 Å². The van der Waals surface area contributed by atoms with E-state index in [1.54, 1.807) is 0 Å². The highest BCUT2D eigenvalue weighted by molar-refractivity contribution is 6.05. The van der Waals surface area contributed by atoms with E-state index in [2.05, 4.69) is 0 Å². The molecule has 3 rings (SSSR count). The number of rotatable bonds is 5. The first kappa shape index (κ1) is 15.0. The van der Waals surface area contributed by atoms with E-state index in [-0.39, 0.29) is 30.2 Å². The van der Waals surface area contributed by atoms with E-state index in [0.717, 1.165) is 12.0 Å². The molecule has 1 saturated heterocycles. The van der Waals surface area contributed by atoms with Gasteiger partial charge < -0.3 is 5.11 Å². The van der Waals surface area contributed by atoms with Gasteiger partial charge in [0.05, 0.1) is 24.5 Å². The zero-order chi connectivity index (χ0) is 15.5. The number of allylic oxidation sites excluding steroid dienone is 2. The third-order valence-electron chi connectivity index (χ3n) is 4.60. The Hall–Kier alpha value is -1.94. The molecule has 1 N–H and O–H groups in total. The summed E-state index contributed by atoms with van der Waals surface area (Å²) >= 11 is 0. The maximum atomic E-state index is 12.3. The van der Waals surface area contributed by atoms with Crippen molar-refractivity contribution in [1.82, 2.24) is 4.90 Å². The van der Waals surface area contributed by atoms with Gasteiger partial charge >= 0.3 is 0 Å². The number of β-amino-alcohol motifs (C(OH)–C–C–N with tert-alkyl or cyclic N) is 1. The van der Waals surface area contributed by atoms with Crippen LogP contribution in [-0.4, -0.2) is 34.5 Å². The van der Waals surface area contributed by atoms with Crippen LogP contribution in [0.15, 0.2) is 42.5 Å². The van der Waals surface area contributed by atoms with Crippen LogP contribution in [0.4, 0.5) is 0 Å². The Morgan fingerprint density at radius 3 is 2.23 bits per heavy atom. The van der Waals surface area contributed by atoms with Crippen molar-refractivity contribution in [3.8, 4) is 0 Å². The molecule has 0 radical (unpaired) electrons. The van der Waals surface area contributed by atoms with Crippen molar-refractivity contribution in [2.24, 2.45) is 11.8 Å². The maximum absolute atomic E-state index is 12.3. The van der Waals surface area contributed by atoms with E-state index in [1.165, 1.54) is 4.90 Å². The zero-order valence-corrected chi connectivity index (χ0v) is 12.5. The standard InChI is InChI=1S/C18H21NO3/c20-14(11-10-13-6-2-1-3-7-13)12-19-17(21)15-8-4-5-9-16(15)18(19)22/h1-7,14-16,20H,8-12H2/t14-,15-,16+/m1/s1. The first-order chi connectivity index (χ1) is 10.7. The van der Waals surface area contributed by atoms with Gasteiger partial charge in [-0.25, -0.2) is 0 Å². The number of carbonyl (C=O) groups is 2. The van der Waals surface area contributed by atoms with E-state index in [4.69, 9.17) is 0 Å². The molecule has 1 aromatic rings. The van der Waals surface area contributed by atoms with Gasteiger partial charge in [-0.15, -0.1) is 0 Å². The SMILES string of the molecule is O=C1[C@H]2CC=CC[C@H]2C(=O)N1C[C@H](O)CCc1ccccc1. The number of carbonyl (C=O) groups excluding carboxylic acids is 2. The average Bonchev–Trinajstić information content (AvgIpc) is 2.79. The van der Waals surface area contributed by atoms with Crippen LogP contribution in [0.5, 0.6) is 0 Å². The van der Waals surface area contributed by atoms with Crippen molar-refractivity contribution in [3.05, 3.63) is 48.0 Å². The fourth-order valence-electron chi connectivity index (χ4n) is 3.33. The molecule has 22 heavy (non-hydrogen) atoms. The number of amides is 2. The topological polar surface area (TPSA) is 57.6 Å². The summed E-state index contributed by atoms with van der Waals surface area (Å²) in [5.41, 5.74) is 1.15. The predicted octanol–water partition coefficient (Wildman–Crippen LogP) is 1.93. The molecular weight excluding hydrogens is 278 g/mol. The summed E-state index contributed by atoms with van der Waals surface area (Å²) in [6.45, 7) is 0.123. The lowest BCUT2D eigenvalue weighted by Crippen LogP contribution is -2.38. The van der Waals surface area contributed by atoms with Gasteiger partial charge in [-0.2, -0.15) is 0 Å². The first-order valence-electron chi connectivity index (χ1n) is 7.89. The molecule has 3 atom stereocenters. The fraction of sp³-hybridized carbons (Fsp3) is 0.444. The van der Waals surface area contributed by atoms with E-state index >= 15 is 0 Å². The third kappa shape index (κ3) is 2.97. The minimum Gasteiger partial charge on any atom is -0.391 e. The summed E-state index contributed by atoms with van der Waals surface area (Å²) in [6, 6.07) is 9.91. The van der Waals surface area contributed by atoms with Crippen LogP contribution in [0.2, 0.25) is 0 Å². The third-order valence-corrected chi connectivity index (χ3v) is 4.60. The van der Waals surface area contributed by atoms with Crippen molar-refractivity contribution >= 4 is 11.8 Å². The molecule has 1 aliphatic heterocycles. The highest BCUT2D eigenvalue weighted by Crippen LogP contribution is 2.35. The fourth-order valence-corrected chi connectivity index (χ4v) is 3.33. The molecular formula is C18H21NO3. The highest BCUT2D eigenvalue weighted by Gasteiger charge is 2.47. The van der Waals surface area contributed by atoms with Gasteiger partial charge in [0.1, 0.15) is 0 Å². The van der Waals surface area contributed by atoms with E-state index in [1.807, 2.05) is 42.5 Å². The summed E-state index contributed by atoms with van der Waals surface area (Å²) in [7, 11) is 0. The first-order valence-corrected chi connectivity index (χ1v) is 7.89. The average molecular weight is 299 g/mol. The lowest BCUT2D eigenvalue weighted by Gasteiger charge is -2.19. The summed E-state index contributed by atoms with van der Waals surface area (Å²) in [5, 5.41) is 10.2. The largest absolute Gasteiger partial charge is 0.391 e. The van der Waals surface area contributed by atoms with Gasteiger partial charge in [0.2, 0.25) is 11.8 Å². The van der Waals surface area contributed by atoms with Crippen molar-refractivity contribution in [1.29, 1.82) is 0 Å². The van der Waals surface area contributed by atoms with Crippen LogP contribution < -0.4 is 0 Å². The van der Waals surface area contributed by atoms with Crippen molar-refractivity contribution in [2.75, 3.05) is 6.54 Å². The number of likely N-dealkylation sites (tertiary alicyclic amines) is 1. The molecule has 0 aromatic heterocycles. The van der Waals surface area contributed by atoms with Gasteiger partial charge in [0, 0.05) is 0 Å². The van der Waals surface area contributed by atoms with Crippen molar-refractivity contribution in [3.63, 3.8) is 0 Å². The molecule has 1 aromatic carbocycles. The van der Waals surface area contributed by atoms with Gasteiger partial charge in [0.25, 0.3) is 0 Å². The summed E-state index contributed by atoms with van der Waals surface area (Å²) < 4.78 is 0. The Bertz CT molecular complexity index is 555. The number of imide groups is 1. The molecule has 0 saturated carbocycles. The van der Waals surface area contributed by atoms with Crippen LogP contribution in [-0.2, 0) is 16.0 Å². The van der Waals surface area contributed by atoms with E-state index in [0.29, 0.717) is 19.3 Å². The van der Waals surface area contributed by atoms with Gasteiger partial charge in [-0.3, -0.25) is 14.5 Å². The quantitative estimate of drug-likeness (QED) is 0.667. The second kappa shape index (κ2) is 6.44. The number of hydrogen-bond donors (Lipinski definition) is 1. The van der Waals surface area contributed by atoms with Crippen LogP contribution in [0.3, 0.4) is 0 Å². The number of nitrogens with zero attached hydrogens (tertiary/aromatic N) is 1. The van der Waals surface area contributed by atoms with E-state index in [9.17, 15) is 14.7 Å². The second-order valence-electron chi connectivity index (χ2n) is 6.12. The van der Waals surface area contributed by atoms with E-state index < -0.39 is 6.10 Å². The molecule has 1 heterocycles. The molecule has 1 fully saturated rings. The number of hydrogen-bond acceptors (Lipinski definition) is 3. The van der Waals surface area contributed by atoms with Crippen LogP contribution in [0.25, 0.3) is 0 Å². The Balaban J connectivity index is 1.56.